The highest BCUT2D eigenvalue weighted by Crippen LogP contribution is 2.39. The normalized spacial score (nSPS) is 19.5. The van der Waals surface area contributed by atoms with Crippen LogP contribution >= 0.6 is 0 Å². The zero-order chi connectivity index (χ0) is 18.8. The maximum atomic E-state index is 12.7. The Balaban J connectivity index is 2.09. The zero-order valence-electron chi connectivity index (χ0n) is 15.1. The van der Waals surface area contributed by atoms with Gasteiger partial charge in [-0.25, -0.2) is 0 Å². The van der Waals surface area contributed by atoms with E-state index in [1.807, 2.05) is 38.1 Å². The molecule has 0 spiro atoms. The van der Waals surface area contributed by atoms with Gasteiger partial charge in [-0.1, -0.05) is 29.8 Å². The lowest BCUT2D eigenvalue weighted by Gasteiger charge is -2.24. The van der Waals surface area contributed by atoms with Gasteiger partial charge in [0.2, 0.25) is 0 Å². The highest BCUT2D eigenvalue weighted by atomic mass is 16.3. The van der Waals surface area contributed by atoms with Crippen LogP contribution in [0.5, 0.6) is 0 Å². The molecule has 1 aromatic heterocycles. The molecule has 1 aliphatic rings. The van der Waals surface area contributed by atoms with Crippen molar-refractivity contribution >= 4 is 17.4 Å². The SMILES string of the molecule is Cc1ccc(/C(O)=C2/C(=O)C(=O)N(CCN(C)C)C2c2ccco2)cc1. The highest BCUT2D eigenvalue weighted by molar-refractivity contribution is 6.46. The highest BCUT2D eigenvalue weighted by Gasteiger charge is 2.47. The standard InChI is InChI=1S/C20H22N2O4/c1-13-6-8-14(9-7-13)18(23)16-17(15-5-4-12-26-15)22(11-10-21(2)3)20(25)19(16)24/h4-9,12,17,23H,10-11H2,1-3H3/b18-16-. The van der Waals surface area contributed by atoms with E-state index in [4.69, 9.17) is 4.42 Å². The Bertz CT molecular complexity index is 835. The molecule has 26 heavy (non-hydrogen) atoms. The number of likely N-dealkylation sites (N-methyl/N-ethyl adjacent to an activating group) is 1. The van der Waals surface area contributed by atoms with Crippen LogP contribution in [0.2, 0.25) is 0 Å². The minimum atomic E-state index is -0.730. The predicted octanol–water partition coefficient (Wildman–Crippen LogP) is 2.57. The number of nitrogens with zero attached hydrogens (tertiary/aromatic N) is 2. The van der Waals surface area contributed by atoms with Crippen LogP contribution in [0.3, 0.4) is 0 Å². The molecular weight excluding hydrogens is 332 g/mol. The Morgan fingerprint density at radius 1 is 1.19 bits per heavy atom. The number of rotatable bonds is 5. The summed E-state index contributed by atoms with van der Waals surface area (Å²) in [5.41, 5.74) is 1.60. The summed E-state index contributed by atoms with van der Waals surface area (Å²) in [5, 5.41) is 10.8. The number of furan rings is 1. The van der Waals surface area contributed by atoms with Crippen LogP contribution in [0.25, 0.3) is 5.76 Å². The minimum Gasteiger partial charge on any atom is -0.507 e. The van der Waals surface area contributed by atoms with E-state index in [9.17, 15) is 14.7 Å². The van der Waals surface area contributed by atoms with E-state index in [0.717, 1.165) is 5.56 Å². The number of hydrogen-bond donors (Lipinski definition) is 1. The Hall–Kier alpha value is -2.86. The maximum absolute atomic E-state index is 12.7. The van der Waals surface area contributed by atoms with Crippen molar-refractivity contribution in [3.8, 4) is 0 Å². The first-order valence-electron chi connectivity index (χ1n) is 8.43. The van der Waals surface area contributed by atoms with Gasteiger partial charge in [0.25, 0.3) is 11.7 Å². The second-order valence-corrected chi connectivity index (χ2v) is 6.68. The van der Waals surface area contributed by atoms with Crippen LogP contribution < -0.4 is 0 Å². The lowest BCUT2D eigenvalue weighted by atomic mass is 9.99. The van der Waals surface area contributed by atoms with E-state index >= 15 is 0 Å². The molecule has 0 radical (unpaired) electrons. The van der Waals surface area contributed by atoms with E-state index in [-0.39, 0.29) is 11.3 Å². The molecule has 1 N–H and O–H groups in total. The molecule has 1 aliphatic heterocycles. The van der Waals surface area contributed by atoms with Gasteiger partial charge < -0.3 is 19.3 Å². The number of aliphatic hydroxyl groups excluding tert-OH is 1. The molecule has 0 bridgehead atoms. The van der Waals surface area contributed by atoms with Gasteiger partial charge >= 0.3 is 0 Å². The molecule has 1 amide bonds. The first-order valence-corrected chi connectivity index (χ1v) is 8.43. The fourth-order valence-corrected chi connectivity index (χ4v) is 3.03. The van der Waals surface area contributed by atoms with Crippen LogP contribution in [-0.4, -0.2) is 53.8 Å². The van der Waals surface area contributed by atoms with Gasteiger partial charge in [-0.3, -0.25) is 9.59 Å². The topological polar surface area (TPSA) is 74.0 Å². The number of ketones is 1. The molecule has 136 valence electrons. The van der Waals surface area contributed by atoms with E-state index in [1.165, 1.54) is 11.2 Å². The second-order valence-electron chi connectivity index (χ2n) is 6.68. The smallest absolute Gasteiger partial charge is 0.295 e. The number of likely N-dealkylation sites (tertiary alicyclic amines) is 1. The van der Waals surface area contributed by atoms with E-state index in [0.29, 0.717) is 24.4 Å². The predicted molar refractivity (Wildman–Crippen MR) is 97.5 cm³/mol. The quantitative estimate of drug-likeness (QED) is 0.507. The number of carbonyl (C=O) groups excluding carboxylic acids is 2. The Morgan fingerprint density at radius 3 is 2.46 bits per heavy atom. The van der Waals surface area contributed by atoms with Crippen LogP contribution in [0.4, 0.5) is 0 Å². The molecule has 1 atom stereocenters. The van der Waals surface area contributed by atoms with E-state index in [1.54, 1.807) is 24.3 Å². The third kappa shape index (κ3) is 3.28. The van der Waals surface area contributed by atoms with Crippen molar-refractivity contribution in [1.29, 1.82) is 0 Å². The second kappa shape index (κ2) is 7.17. The van der Waals surface area contributed by atoms with Gasteiger partial charge in [0.1, 0.15) is 17.6 Å². The number of aliphatic hydroxyl groups is 1. The van der Waals surface area contributed by atoms with Crippen LogP contribution in [0, 0.1) is 6.92 Å². The molecule has 2 aromatic rings. The van der Waals surface area contributed by atoms with Crippen molar-refractivity contribution in [3.63, 3.8) is 0 Å². The molecule has 1 saturated heterocycles. The van der Waals surface area contributed by atoms with E-state index < -0.39 is 17.7 Å². The first-order chi connectivity index (χ1) is 12.4. The molecule has 3 rings (SSSR count). The average Bonchev–Trinajstić information content (AvgIpc) is 3.21. The molecule has 0 aliphatic carbocycles. The van der Waals surface area contributed by atoms with Crippen LogP contribution in [0.1, 0.15) is 22.9 Å². The molecule has 2 heterocycles. The number of carbonyl (C=O) groups is 2. The Morgan fingerprint density at radius 2 is 1.88 bits per heavy atom. The number of benzene rings is 1. The van der Waals surface area contributed by atoms with Crippen molar-refractivity contribution in [1.82, 2.24) is 9.80 Å². The van der Waals surface area contributed by atoms with Gasteiger partial charge in [-0.05, 0) is 33.2 Å². The van der Waals surface area contributed by atoms with Crippen molar-refractivity contribution in [2.45, 2.75) is 13.0 Å². The summed E-state index contributed by atoms with van der Waals surface area (Å²) < 4.78 is 5.48. The van der Waals surface area contributed by atoms with Crippen molar-refractivity contribution in [3.05, 3.63) is 65.1 Å². The lowest BCUT2D eigenvalue weighted by molar-refractivity contribution is -0.140. The van der Waals surface area contributed by atoms with Crippen LogP contribution in [-0.2, 0) is 9.59 Å². The molecule has 6 nitrogen and oxygen atoms in total. The number of amides is 1. The summed E-state index contributed by atoms with van der Waals surface area (Å²) in [7, 11) is 3.79. The third-order valence-corrected chi connectivity index (χ3v) is 4.47. The number of aryl methyl sites for hydroxylation is 1. The zero-order valence-corrected chi connectivity index (χ0v) is 15.1. The van der Waals surface area contributed by atoms with Gasteiger partial charge in [-0.2, -0.15) is 0 Å². The Kier molecular flexibility index (Phi) is 4.95. The summed E-state index contributed by atoms with van der Waals surface area (Å²) >= 11 is 0. The Labute approximate surface area is 152 Å². The summed E-state index contributed by atoms with van der Waals surface area (Å²) in [6.45, 7) is 2.88. The molecular formula is C20H22N2O4. The molecule has 1 aromatic carbocycles. The number of Topliss-reactive ketones (excluding diaryl/α,β-unsaturated/α-hetero) is 1. The molecule has 6 heteroatoms. The van der Waals surface area contributed by atoms with Crippen molar-refractivity contribution in [2.75, 3.05) is 27.2 Å². The van der Waals surface area contributed by atoms with Gasteiger partial charge in [0.05, 0.1) is 11.8 Å². The summed E-state index contributed by atoms with van der Waals surface area (Å²) in [4.78, 5) is 28.7. The first kappa shape index (κ1) is 17.9. The van der Waals surface area contributed by atoms with Gasteiger partial charge in [-0.15, -0.1) is 0 Å². The summed E-state index contributed by atoms with van der Waals surface area (Å²) in [6.07, 6.45) is 1.49. The molecule has 1 fully saturated rings. The summed E-state index contributed by atoms with van der Waals surface area (Å²) in [6, 6.07) is 9.84. The van der Waals surface area contributed by atoms with E-state index in [2.05, 4.69) is 0 Å². The fraction of sp³-hybridized carbons (Fsp3) is 0.300. The monoisotopic (exact) mass is 354 g/mol. The van der Waals surface area contributed by atoms with Gasteiger partial charge in [0, 0.05) is 18.7 Å². The fourth-order valence-electron chi connectivity index (χ4n) is 3.03. The van der Waals surface area contributed by atoms with Gasteiger partial charge in [0.15, 0.2) is 0 Å². The lowest BCUT2D eigenvalue weighted by Crippen LogP contribution is -2.35. The minimum absolute atomic E-state index is 0.0626. The van der Waals surface area contributed by atoms with Crippen LogP contribution in [0.15, 0.2) is 52.7 Å². The molecule has 1 unspecified atom stereocenters. The summed E-state index contributed by atoms with van der Waals surface area (Å²) in [5.74, 6) is -1.04. The largest absolute Gasteiger partial charge is 0.507 e. The average molecular weight is 354 g/mol. The number of hydrogen-bond acceptors (Lipinski definition) is 5. The van der Waals surface area contributed by atoms with Crippen molar-refractivity contribution < 1.29 is 19.1 Å². The third-order valence-electron chi connectivity index (χ3n) is 4.47. The van der Waals surface area contributed by atoms with Crippen molar-refractivity contribution in [2.24, 2.45) is 0 Å². The molecule has 0 saturated carbocycles. The maximum Gasteiger partial charge on any atom is 0.295 e.